The topological polar surface area (TPSA) is 84.2 Å². The molecule has 0 bridgehead atoms. The molecule has 0 saturated heterocycles. The number of nitrogens with zero attached hydrogens (tertiary/aromatic N) is 2. The Kier molecular flexibility index (Phi) is 4.83. The number of carboxylic acid groups (broad SMARTS) is 1. The highest BCUT2D eigenvalue weighted by Gasteiger charge is 2.27. The molecule has 1 unspecified atom stereocenters. The van der Waals surface area contributed by atoms with Gasteiger partial charge in [-0.15, -0.1) is 0 Å². The lowest BCUT2D eigenvalue weighted by molar-refractivity contribution is -0.142. The molecule has 0 aliphatic rings. The van der Waals surface area contributed by atoms with Crippen LogP contribution in [-0.4, -0.2) is 26.8 Å². The first-order valence-corrected chi connectivity index (χ1v) is 7.41. The van der Waals surface area contributed by atoms with Crippen molar-refractivity contribution in [2.24, 2.45) is 7.05 Å². The Bertz CT molecular complexity index is 722. The van der Waals surface area contributed by atoms with Crippen LogP contribution in [0.25, 0.3) is 0 Å². The number of aryl methyl sites for hydroxylation is 2. The van der Waals surface area contributed by atoms with Crippen molar-refractivity contribution < 1.29 is 14.7 Å². The molecule has 23 heavy (non-hydrogen) atoms. The smallest absolute Gasteiger partial charge is 0.330 e. The van der Waals surface area contributed by atoms with Gasteiger partial charge in [-0.2, -0.15) is 5.10 Å². The van der Waals surface area contributed by atoms with E-state index in [4.69, 9.17) is 0 Å². The van der Waals surface area contributed by atoms with Gasteiger partial charge in [0.15, 0.2) is 6.04 Å². The maximum absolute atomic E-state index is 12.5. The third-order valence-electron chi connectivity index (χ3n) is 4.06. The predicted octanol–water partition coefficient (Wildman–Crippen LogP) is 2.08. The highest BCUT2D eigenvalue weighted by Crippen LogP contribution is 2.24. The summed E-state index contributed by atoms with van der Waals surface area (Å²) in [7, 11) is 1.82. The summed E-state index contributed by atoms with van der Waals surface area (Å²) in [5.74, 6) is -1.90. The Hall–Kier alpha value is -2.63. The number of carbonyl (C=O) groups excluding carboxylic acids is 1. The van der Waals surface area contributed by atoms with Crippen LogP contribution >= 0.6 is 0 Å². The molecule has 1 amide bonds. The van der Waals surface area contributed by atoms with Crippen LogP contribution < -0.4 is 5.32 Å². The molecule has 0 radical (unpaired) electrons. The van der Waals surface area contributed by atoms with Gasteiger partial charge < -0.3 is 10.4 Å². The van der Waals surface area contributed by atoms with E-state index in [9.17, 15) is 14.7 Å². The zero-order valence-electron chi connectivity index (χ0n) is 13.7. The minimum Gasteiger partial charge on any atom is -0.479 e. The van der Waals surface area contributed by atoms with Crippen LogP contribution in [0, 0.1) is 13.8 Å². The second-order valence-electron chi connectivity index (χ2n) is 5.62. The molecule has 122 valence electrons. The van der Waals surface area contributed by atoms with Crippen molar-refractivity contribution in [2.45, 2.75) is 32.7 Å². The van der Waals surface area contributed by atoms with Gasteiger partial charge >= 0.3 is 5.97 Å². The Morgan fingerprint density at radius 3 is 2.30 bits per heavy atom. The fourth-order valence-electron chi connectivity index (χ4n) is 2.75. The first-order valence-electron chi connectivity index (χ1n) is 7.41. The van der Waals surface area contributed by atoms with Crippen molar-refractivity contribution in [3.63, 3.8) is 0 Å². The van der Waals surface area contributed by atoms with Crippen LogP contribution in [0.3, 0.4) is 0 Å². The second kappa shape index (κ2) is 6.64. The fraction of sp³-hybridized carbons (Fsp3) is 0.353. The zero-order valence-corrected chi connectivity index (χ0v) is 13.7. The summed E-state index contributed by atoms with van der Waals surface area (Å²) in [5, 5.41) is 16.3. The van der Waals surface area contributed by atoms with Gasteiger partial charge in [0, 0.05) is 18.3 Å². The Morgan fingerprint density at radius 2 is 1.83 bits per heavy atom. The highest BCUT2D eigenvalue weighted by molar-refractivity contribution is 5.88. The molecule has 1 aromatic heterocycles. The molecule has 2 atom stereocenters. The van der Waals surface area contributed by atoms with Gasteiger partial charge in [0.1, 0.15) is 0 Å². The number of benzene rings is 1. The maximum Gasteiger partial charge on any atom is 0.330 e. The lowest BCUT2D eigenvalue weighted by Gasteiger charge is -2.18. The third kappa shape index (κ3) is 3.41. The van der Waals surface area contributed by atoms with Crippen molar-refractivity contribution in [2.75, 3.05) is 0 Å². The van der Waals surface area contributed by atoms with E-state index >= 15 is 0 Å². The highest BCUT2D eigenvalue weighted by atomic mass is 16.4. The molecule has 2 rings (SSSR count). The number of carboxylic acids is 1. The van der Waals surface area contributed by atoms with E-state index in [0.29, 0.717) is 5.56 Å². The lowest BCUT2D eigenvalue weighted by atomic mass is 9.97. The molecule has 0 aliphatic carbocycles. The molecule has 6 heteroatoms. The summed E-state index contributed by atoms with van der Waals surface area (Å²) >= 11 is 0. The van der Waals surface area contributed by atoms with Crippen LogP contribution in [0.2, 0.25) is 0 Å². The number of carbonyl (C=O) groups is 2. The summed E-state index contributed by atoms with van der Waals surface area (Å²) in [4.78, 5) is 24.0. The molecule has 1 aromatic carbocycles. The number of aromatic nitrogens is 2. The van der Waals surface area contributed by atoms with Gasteiger partial charge in [-0.25, -0.2) is 4.79 Å². The quantitative estimate of drug-likeness (QED) is 0.885. The maximum atomic E-state index is 12.5. The molecule has 0 spiro atoms. The molecule has 6 nitrogen and oxygen atoms in total. The Balaban J connectivity index is 2.24. The summed E-state index contributed by atoms with van der Waals surface area (Å²) in [6.07, 6.45) is 0. The van der Waals surface area contributed by atoms with Gasteiger partial charge in [-0.05, 0) is 26.3 Å². The molecule has 0 saturated carbocycles. The van der Waals surface area contributed by atoms with Gasteiger partial charge in [-0.1, -0.05) is 30.3 Å². The number of rotatable bonds is 5. The van der Waals surface area contributed by atoms with Gasteiger partial charge in [0.05, 0.1) is 11.6 Å². The van der Waals surface area contributed by atoms with E-state index in [1.165, 1.54) is 0 Å². The average molecular weight is 315 g/mol. The van der Waals surface area contributed by atoms with Crippen LogP contribution in [0.1, 0.15) is 41.4 Å². The SMILES string of the molecule is Cc1nn(C)c(C)c1C(C)C(=O)N[C@H](C(=O)O)c1ccccc1. The van der Waals surface area contributed by atoms with E-state index in [0.717, 1.165) is 17.0 Å². The van der Waals surface area contributed by atoms with E-state index in [2.05, 4.69) is 10.4 Å². The number of nitrogens with one attached hydrogen (secondary N) is 1. The lowest BCUT2D eigenvalue weighted by Crippen LogP contribution is -2.36. The fourth-order valence-corrected chi connectivity index (χ4v) is 2.75. The molecule has 0 fully saturated rings. The normalized spacial score (nSPS) is 13.4. The van der Waals surface area contributed by atoms with E-state index < -0.39 is 17.9 Å². The van der Waals surface area contributed by atoms with Crippen LogP contribution in [0.15, 0.2) is 30.3 Å². The number of hydrogen-bond donors (Lipinski definition) is 2. The minimum atomic E-state index is -1.09. The molecular formula is C17H21N3O3. The third-order valence-corrected chi connectivity index (χ3v) is 4.06. The average Bonchev–Trinajstić information content (AvgIpc) is 2.77. The molecule has 1 heterocycles. The molecular weight excluding hydrogens is 294 g/mol. The molecule has 2 N–H and O–H groups in total. The first-order chi connectivity index (χ1) is 10.8. The van der Waals surface area contributed by atoms with Crippen molar-refractivity contribution in [1.82, 2.24) is 15.1 Å². The minimum absolute atomic E-state index is 0.333. The van der Waals surface area contributed by atoms with Crippen molar-refractivity contribution in [3.8, 4) is 0 Å². The van der Waals surface area contributed by atoms with Gasteiger partial charge in [0.25, 0.3) is 0 Å². The first kappa shape index (κ1) is 16.7. The standard InChI is InChI=1S/C17H21N3O3/c1-10(14-11(2)19-20(4)12(14)3)16(21)18-15(17(22)23)13-8-6-5-7-9-13/h5-10,15H,1-4H3,(H,18,21)(H,22,23)/t10?,15-/m0/s1. The van der Waals surface area contributed by atoms with Crippen LogP contribution in [0.5, 0.6) is 0 Å². The largest absolute Gasteiger partial charge is 0.479 e. The van der Waals surface area contributed by atoms with Gasteiger partial charge in [0.2, 0.25) is 5.91 Å². The van der Waals surface area contributed by atoms with Crippen molar-refractivity contribution >= 4 is 11.9 Å². The van der Waals surface area contributed by atoms with E-state index in [1.807, 2.05) is 20.9 Å². The number of amides is 1. The summed E-state index contributed by atoms with van der Waals surface area (Å²) < 4.78 is 1.72. The molecule has 0 aliphatic heterocycles. The van der Waals surface area contributed by atoms with Gasteiger partial charge in [-0.3, -0.25) is 9.48 Å². The monoisotopic (exact) mass is 315 g/mol. The Labute approximate surface area is 135 Å². The van der Waals surface area contributed by atoms with Crippen molar-refractivity contribution in [1.29, 1.82) is 0 Å². The number of hydrogen-bond acceptors (Lipinski definition) is 3. The summed E-state index contributed by atoms with van der Waals surface area (Å²) in [6, 6.07) is 7.60. The zero-order chi connectivity index (χ0) is 17.1. The Morgan fingerprint density at radius 1 is 1.22 bits per heavy atom. The number of aliphatic carboxylic acids is 1. The predicted molar refractivity (Wildman–Crippen MR) is 86.1 cm³/mol. The van der Waals surface area contributed by atoms with Crippen LogP contribution in [0.4, 0.5) is 0 Å². The second-order valence-corrected chi connectivity index (χ2v) is 5.62. The van der Waals surface area contributed by atoms with E-state index in [-0.39, 0.29) is 5.91 Å². The molecule has 2 aromatic rings. The van der Waals surface area contributed by atoms with E-state index in [1.54, 1.807) is 41.9 Å². The summed E-state index contributed by atoms with van der Waals surface area (Å²) in [5.41, 5.74) is 3.05. The van der Waals surface area contributed by atoms with Crippen LogP contribution in [-0.2, 0) is 16.6 Å². The van der Waals surface area contributed by atoms with Crippen molar-refractivity contribution in [3.05, 3.63) is 52.8 Å². The summed E-state index contributed by atoms with van der Waals surface area (Å²) in [6.45, 7) is 5.50.